The molecule has 0 aromatic heterocycles. The van der Waals surface area contributed by atoms with Crippen LogP contribution in [-0.4, -0.2) is 21.4 Å². The molecular formula is C22H22N2O4S. The first-order chi connectivity index (χ1) is 13.9. The average Bonchev–Trinajstić information content (AvgIpc) is 2.70. The summed E-state index contributed by atoms with van der Waals surface area (Å²) in [6.07, 6.45) is 0. The maximum Gasteiger partial charge on any atom is 0.261 e. The number of amides is 1. The second-order valence-electron chi connectivity index (χ2n) is 6.54. The number of rotatable bonds is 7. The van der Waals surface area contributed by atoms with Gasteiger partial charge in [0, 0.05) is 18.4 Å². The molecule has 0 bridgehead atoms. The van der Waals surface area contributed by atoms with Gasteiger partial charge in [-0.15, -0.1) is 0 Å². The lowest BCUT2D eigenvalue weighted by molar-refractivity contribution is 0.102. The van der Waals surface area contributed by atoms with Gasteiger partial charge in [-0.2, -0.15) is 0 Å². The highest BCUT2D eigenvalue weighted by Gasteiger charge is 2.16. The Bertz CT molecular complexity index is 1110. The lowest BCUT2D eigenvalue weighted by Gasteiger charge is -2.12. The van der Waals surface area contributed by atoms with Crippen molar-refractivity contribution in [2.45, 2.75) is 18.4 Å². The van der Waals surface area contributed by atoms with Gasteiger partial charge in [0.25, 0.3) is 15.9 Å². The third kappa shape index (κ3) is 5.22. The number of carbonyl (C=O) groups excluding carboxylic acids is 1. The van der Waals surface area contributed by atoms with Gasteiger partial charge in [0.15, 0.2) is 0 Å². The summed E-state index contributed by atoms with van der Waals surface area (Å²) in [5.74, 6) is -0.278. The van der Waals surface area contributed by atoms with E-state index >= 15 is 0 Å². The molecule has 6 nitrogen and oxygen atoms in total. The van der Waals surface area contributed by atoms with E-state index < -0.39 is 10.0 Å². The van der Waals surface area contributed by atoms with Gasteiger partial charge in [-0.1, -0.05) is 30.3 Å². The van der Waals surface area contributed by atoms with Crippen LogP contribution in [0.4, 0.5) is 11.4 Å². The Labute approximate surface area is 170 Å². The number of sulfonamides is 1. The number of hydrogen-bond acceptors (Lipinski definition) is 4. The number of hydrogen-bond donors (Lipinski definition) is 2. The molecular weight excluding hydrogens is 388 g/mol. The molecule has 2 N–H and O–H groups in total. The standard InChI is InChI=1S/C22H22N2O4S/c1-16-13-18(22(25)23-19-8-6-7-17(14-19)15-28-2)11-12-21(16)24-29(26,27)20-9-4-3-5-10-20/h3-14,24H,15H2,1-2H3,(H,23,25). The molecule has 0 spiro atoms. The third-order valence-corrected chi connectivity index (χ3v) is 5.66. The Morgan fingerprint density at radius 2 is 1.72 bits per heavy atom. The van der Waals surface area contributed by atoms with Crippen molar-refractivity contribution in [2.75, 3.05) is 17.1 Å². The van der Waals surface area contributed by atoms with Gasteiger partial charge < -0.3 is 10.1 Å². The summed E-state index contributed by atoms with van der Waals surface area (Å²) in [7, 11) is -2.08. The van der Waals surface area contributed by atoms with Crippen molar-refractivity contribution >= 4 is 27.3 Å². The topological polar surface area (TPSA) is 84.5 Å². The Hall–Kier alpha value is -3.16. The van der Waals surface area contributed by atoms with E-state index in [1.165, 1.54) is 12.1 Å². The molecule has 1 amide bonds. The molecule has 0 saturated heterocycles. The molecule has 0 heterocycles. The predicted molar refractivity (Wildman–Crippen MR) is 114 cm³/mol. The smallest absolute Gasteiger partial charge is 0.261 e. The maximum atomic E-state index is 12.6. The van der Waals surface area contributed by atoms with E-state index in [1.54, 1.807) is 56.5 Å². The van der Waals surface area contributed by atoms with Crippen LogP contribution in [0.3, 0.4) is 0 Å². The minimum Gasteiger partial charge on any atom is -0.380 e. The number of aryl methyl sites for hydroxylation is 1. The normalized spacial score (nSPS) is 11.1. The minimum absolute atomic E-state index is 0.178. The molecule has 0 aliphatic heterocycles. The average molecular weight is 410 g/mol. The first kappa shape index (κ1) is 20.6. The second kappa shape index (κ2) is 8.89. The summed E-state index contributed by atoms with van der Waals surface area (Å²) in [6.45, 7) is 2.21. The van der Waals surface area contributed by atoms with Crippen LogP contribution in [-0.2, 0) is 21.4 Å². The van der Waals surface area contributed by atoms with Crippen molar-refractivity contribution in [3.63, 3.8) is 0 Å². The monoisotopic (exact) mass is 410 g/mol. The quantitative estimate of drug-likeness (QED) is 0.612. The fourth-order valence-corrected chi connectivity index (χ4v) is 3.98. The minimum atomic E-state index is -3.69. The second-order valence-corrected chi connectivity index (χ2v) is 8.22. The van der Waals surface area contributed by atoms with E-state index in [0.717, 1.165) is 5.56 Å². The summed E-state index contributed by atoms with van der Waals surface area (Å²) in [5.41, 5.74) is 3.11. The van der Waals surface area contributed by atoms with E-state index in [9.17, 15) is 13.2 Å². The number of benzene rings is 3. The molecule has 7 heteroatoms. The summed E-state index contributed by atoms with van der Waals surface area (Å²) >= 11 is 0. The Morgan fingerprint density at radius 1 is 0.966 bits per heavy atom. The predicted octanol–water partition coefficient (Wildman–Crippen LogP) is 4.19. The molecule has 3 aromatic rings. The molecule has 0 atom stereocenters. The van der Waals surface area contributed by atoms with Crippen molar-refractivity contribution in [1.82, 2.24) is 0 Å². The molecule has 29 heavy (non-hydrogen) atoms. The van der Waals surface area contributed by atoms with Crippen molar-refractivity contribution in [2.24, 2.45) is 0 Å². The van der Waals surface area contributed by atoms with Crippen LogP contribution in [0.1, 0.15) is 21.5 Å². The lowest BCUT2D eigenvalue weighted by Crippen LogP contribution is -2.15. The fourth-order valence-electron chi connectivity index (χ4n) is 2.83. The molecule has 0 aliphatic carbocycles. The van der Waals surface area contributed by atoms with Crippen molar-refractivity contribution in [3.8, 4) is 0 Å². The molecule has 0 unspecified atom stereocenters. The van der Waals surface area contributed by atoms with Crippen LogP contribution in [0.15, 0.2) is 77.7 Å². The van der Waals surface area contributed by atoms with E-state index in [4.69, 9.17) is 4.74 Å². The van der Waals surface area contributed by atoms with Crippen LogP contribution >= 0.6 is 0 Å². The van der Waals surface area contributed by atoms with Gasteiger partial charge in [0.05, 0.1) is 17.2 Å². The summed E-state index contributed by atoms with van der Waals surface area (Å²) in [4.78, 5) is 12.8. The highest BCUT2D eigenvalue weighted by Crippen LogP contribution is 2.22. The largest absolute Gasteiger partial charge is 0.380 e. The molecule has 0 radical (unpaired) electrons. The molecule has 0 saturated carbocycles. The zero-order chi connectivity index (χ0) is 20.9. The summed E-state index contributed by atoms with van der Waals surface area (Å²) in [5, 5.41) is 2.84. The number of ether oxygens (including phenoxy) is 1. The van der Waals surface area contributed by atoms with Gasteiger partial charge in [0.1, 0.15) is 0 Å². The van der Waals surface area contributed by atoms with Gasteiger partial charge in [-0.3, -0.25) is 9.52 Å². The number of carbonyl (C=O) groups is 1. The van der Waals surface area contributed by atoms with Crippen molar-refractivity contribution in [1.29, 1.82) is 0 Å². The van der Waals surface area contributed by atoms with E-state index in [0.29, 0.717) is 29.1 Å². The van der Waals surface area contributed by atoms with Gasteiger partial charge in [-0.05, 0) is 60.5 Å². The zero-order valence-corrected chi connectivity index (χ0v) is 17.0. The molecule has 3 aromatic carbocycles. The zero-order valence-electron chi connectivity index (χ0n) is 16.2. The first-order valence-electron chi connectivity index (χ1n) is 8.97. The summed E-state index contributed by atoms with van der Waals surface area (Å²) in [6, 6.07) is 20.4. The van der Waals surface area contributed by atoms with Crippen molar-refractivity contribution in [3.05, 3.63) is 89.5 Å². The van der Waals surface area contributed by atoms with Crippen LogP contribution in [0, 0.1) is 6.92 Å². The Morgan fingerprint density at radius 3 is 2.41 bits per heavy atom. The Kier molecular flexibility index (Phi) is 6.31. The SMILES string of the molecule is COCc1cccc(NC(=O)c2ccc(NS(=O)(=O)c3ccccc3)c(C)c2)c1. The number of nitrogens with one attached hydrogen (secondary N) is 2. The van der Waals surface area contributed by atoms with Crippen LogP contribution in [0.25, 0.3) is 0 Å². The molecule has 3 rings (SSSR count). The van der Waals surface area contributed by atoms with Crippen molar-refractivity contribution < 1.29 is 17.9 Å². The molecule has 150 valence electrons. The van der Waals surface area contributed by atoms with E-state index in [2.05, 4.69) is 10.0 Å². The van der Waals surface area contributed by atoms with E-state index in [1.807, 2.05) is 18.2 Å². The molecule has 0 aliphatic rings. The first-order valence-corrected chi connectivity index (χ1v) is 10.4. The van der Waals surface area contributed by atoms with Crippen LogP contribution < -0.4 is 10.0 Å². The van der Waals surface area contributed by atoms with Gasteiger partial charge >= 0.3 is 0 Å². The van der Waals surface area contributed by atoms with Gasteiger partial charge in [-0.25, -0.2) is 8.42 Å². The maximum absolute atomic E-state index is 12.6. The Balaban J connectivity index is 1.75. The number of anilines is 2. The summed E-state index contributed by atoms with van der Waals surface area (Å²) < 4.78 is 32.7. The fraction of sp³-hybridized carbons (Fsp3) is 0.136. The highest BCUT2D eigenvalue weighted by atomic mass is 32.2. The number of methoxy groups -OCH3 is 1. The van der Waals surface area contributed by atoms with E-state index in [-0.39, 0.29) is 10.8 Å². The third-order valence-electron chi connectivity index (χ3n) is 4.28. The van der Waals surface area contributed by atoms with Crippen LogP contribution in [0.2, 0.25) is 0 Å². The lowest BCUT2D eigenvalue weighted by atomic mass is 10.1. The molecule has 0 fully saturated rings. The highest BCUT2D eigenvalue weighted by molar-refractivity contribution is 7.92. The van der Waals surface area contributed by atoms with Gasteiger partial charge in [0.2, 0.25) is 0 Å². The van der Waals surface area contributed by atoms with Crippen LogP contribution in [0.5, 0.6) is 0 Å².